The third-order valence-corrected chi connectivity index (χ3v) is 3.93. The monoisotopic (exact) mass is 263 g/mol. The van der Waals surface area contributed by atoms with Gasteiger partial charge in [0.1, 0.15) is 5.69 Å². The first-order valence-corrected chi connectivity index (χ1v) is 6.87. The number of anilines is 1. The topological polar surface area (TPSA) is 81.2 Å². The highest BCUT2D eigenvalue weighted by molar-refractivity contribution is 5.69. The molecule has 0 unspecified atom stereocenters. The van der Waals surface area contributed by atoms with Crippen LogP contribution in [0.4, 0.5) is 11.4 Å². The van der Waals surface area contributed by atoms with Crippen LogP contribution in [0.5, 0.6) is 0 Å². The lowest BCUT2D eigenvalue weighted by Gasteiger charge is -2.26. The first-order chi connectivity index (χ1) is 9.15. The number of benzene rings is 1. The number of nitro benzene ring substituents is 1. The largest absolute Gasteiger partial charge is 0.367 e. The smallest absolute Gasteiger partial charge is 0.292 e. The van der Waals surface area contributed by atoms with Crippen LogP contribution in [-0.4, -0.2) is 11.6 Å². The normalized spacial score (nSPS) is 16.3. The van der Waals surface area contributed by atoms with Crippen LogP contribution in [0, 0.1) is 17.0 Å². The highest BCUT2D eigenvalue weighted by Crippen LogP contribution is 2.41. The second kappa shape index (κ2) is 6.02. The minimum Gasteiger partial charge on any atom is -0.367 e. The predicted octanol–water partition coefficient (Wildman–Crippen LogP) is 3.28. The Morgan fingerprint density at radius 1 is 1.37 bits per heavy atom. The van der Waals surface area contributed by atoms with Crippen LogP contribution < -0.4 is 11.1 Å². The van der Waals surface area contributed by atoms with Crippen LogP contribution in [0.3, 0.4) is 0 Å². The Labute approximate surface area is 113 Å². The molecule has 0 heterocycles. The minimum atomic E-state index is -0.330. The Hall–Kier alpha value is -1.62. The Balaban J connectivity index is 2.48. The molecule has 104 valence electrons. The average molecular weight is 263 g/mol. The summed E-state index contributed by atoms with van der Waals surface area (Å²) in [6.07, 6.45) is 5.90. The number of rotatable bonds is 4. The summed E-state index contributed by atoms with van der Waals surface area (Å²) in [5.74, 6) is 0.419. The third kappa shape index (κ3) is 2.87. The van der Waals surface area contributed by atoms with Crippen molar-refractivity contribution in [2.45, 2.75) is 44.9 Å². The van der Waals surface area contributed by atoms with Gasteiger partial charge in [-0.3, -0.25) is 10.1 Å². The van der Waals surface area contributed by atoms with E-state index in [0.717, 1.165) is 24.0 Å². The zero-order chi connectivity index (χ0) is 13.8. The summed E-state index contributed by atoms with van der Waals surface area (Å²) in [6, 6.07) is 3.42. The molecule has 5 nitrogen and oxygen atoms in total. The average Bonchev–Trinajstić information content (AvgIpc) is 2.40. The quantitative estimate of drug-likeness (QED) is 0.496. The van der Waals surface area contributed by atoms with Crippen molar-refractivity contribution < 1.29 is 4.92 Å². The number of nitrogens with one attached hydrogen (secondary N) is 1. The van der Waals surface area contributed by atoms with Gasteiger partial charge in [-0.25, -0.2) is 0 Å². The van der Waals surface area contributed by atoms with Gasteiger partial charge in [0.2, 0.25) is 0 Å². The van der Waals surface area contributed by atoms with E-state index in [4.69, 9.17) is 5.73 Å². The van der Waals surface area contributed by atoms with Gasteiger partial charge in [-0.05, 0) is 36.8 Å². The molecule has 1 fully saturated rings. The molecular weight excluding hydrogens is 242 g/mol. The van der Waals surface area contributed by atoms with Crippen LogP contribution in [0.25, 0.3) is 0 Å². The molecule has 0 spiro atoms. The van der Waals surface area contributed by atoms with Gasteiger partial charge in [0.15, 0.2) is 0 Å². The summed E-state index contributed by atoms with van der Waals surface area (Å²) < 4.78 is 0. The zero-order valence-corrected chi connectivity index (χ0v) is 11.3. The maximum atomic E-state index is 11.2. The number of nitrogens with two attached hydrogens (primary N) is 1. The molecule has 0 bridgehead atoms. The summed E-state index contributed by atoms with van der Waals surface area (Å²) in [5.41, 5.74) is 8.52. The van der Waals surface area contributed by atoms with Crippen LogP contribution in [0.15, 0.2) is 12.1 Å². The summed E-state index contributed by atoms with van der Waals surface area (Å²) in [5, 5.41) is 14.2. The lowest BCUT2D eigenvalue weighted by molar-refractivity contribution is -0.384. The van der Waals surface area contributed by atoms with Crippen molar-refractivity contribution in [1.82, 2.24) is 0 Å². The lowest BCUT2D eigenvalue weighted by Crippen LogP contribution is -2.17. The molecule has 0 amide bonds. The molecule has 1 saturated carbocycles. The highest BCUT2D eigenvalue weighted by Gasteiger charge is 2.25. The standard InChI is InChI=1S/C14H21N3O2/c1-10-7-8-12(17(18)19)14(16-9-15)13(10)11-5-3-2-4-6-11/h7-8,11,16H,2-6,9,15H2,1H3. The fraction of sp³-hybridized carbons (Fsp3) is 0.571. The predicted molar refractivity (Wildman–Crippen MR) is 76.3 cm³/mol. The number of hydrogen-bond acceptors (Lipinski definition) is 4. The van der Waals surface area contributed by atoms with E-state index in [1.165, 1.54) is 19.3 Å². The first kappa shape index (κ1) is 13.8. The molecule has 3 N–H and O–H groups in total. The SMILES string of the molecule is Cc1ccc([N+](=O)[O-])c(NCN)c1C1CCCCC1. The fourth-order valence-corrected chi connectivity index (χ4v) is 3.07. The van der Waals surface area contributed by atoms with Gasteiger partial charge in [0, 0.05) is 6.07 Å². The molecule has 19 heavy (non-hydrogen) atoms. The maximum absolute atomic E-state index is 11.2. The van der Waals surface area contributed by atoms with E-state index >= 15 is 0 Å². The maximum Gasteiger partial charge on any atom is 0.292 e. The van der Waals surface area contributed by atoms with E-state index in [-0.39, 0.29) is 17.3 Å². The first-order valence-electron chi connectivity index (χ1n) is 6.87. The summed E-state index contributed by atoms with van der Waals surface area (Å²) in [7, 11) is 0. The van der Waals surface area contributed by atoms with Gasteiger partial charge in [-0.1, -0.05) is 25.3 Å². The molecule has 0 saturated heterocycles. The van der Waals surface area contributed by atoms with Crippen molar-refractivity contribution in [3.63, 3.8) is 0 Å². The van der Waals surface area contributed by atoms with Crippen molar-refractivity contribution in [3.05, 3.63) is 33.4 Å². The van der Waals surface area contributed by atoms with E-state index < -0.39 is 0 Å². The van der Waals surface area contributed by atoms with Gasteiger partial charge < -0.3 is 11.1 Å². The van der Waals surface area contributed by atoms with Crippen LogP contribution >= 0.6 is 0 Å². The van der Waals surface area contributed by atoms with Gasteiger partial charge >= 0.3 is 0 Å². The zero-order valence-electron chi connectivity index (χ0n) is 11.3. The minimum absolute atomic E-state index is 0.136. The molecule has 1 aromatic carbocycles. The molecule has 0 radical (unpaired) electrons. The molecule has 0 aliphatic heterocycles. The Kier molecular flexibility index (Phi) is 4.37. The number of nitrogens with zero attached hydrogens (tertiary/aromatic N) is 1. The number of nitro groups is 1. The van der Waals surface area contributed by atoms with Crippen molar-refractivity contribution in [2.24, 2.45) is 5.73 Å². The van der Waals surface area contributed by atoms with E-state index in [9.17, 15) is 10.1 Å². The van der Waals surface area contributed by atoms with Crippen LogP contribution in [0.1, 0.15) is 49.1 Å². The molecule has 2 rings (SSSR count). The molecule has 1 aliphatic rings. The van der Waals surface area contributed by atoms with Crippen molar-refractivity contribution >= 4 is 11.4 Å². The summed E-state index contributed by atoms with van der Waals surface area (Å²) in [4.78, 5) is 10.8. The Morgan fingerprint density at radius 3 is 2.63 bits per heavy atom. The van der Waals surface area contributed by atoms with Crippen molar-refractivity contribution in [1.29, 1.82) is 0 Å². The highest BCUT2D eigenvalue weighted by atomic mass is 16.6. The second-order valence-corrected chi connectivity index (χ2v) is 5.16. The molecule has 5 heteroatoms. The third-order valence-electron chi connectivity index (χ3n) is 3.93. The molecule has 1 aromatic rings. The van der Waals surface area contributed by atoms with E-state index in [1.807, 2.05) is 13.0 Å². The van der Waals surface area contributed by atoms with Crippen molar-refractivity contribution in [3.8, 4) is 0 Å². The fourth-order valence-electron chi connectivity index (χ4n) is 3.07. The van der Waals surface area contributed by atoms with Crippen LogP contribution in [-0.2, 0) is 0 Å². The van der Waals surface area contributed by atoms with E-state index in [1.54, 1.807) is 6.07 Å². The van der Waals surface area contributed by atoms with Crippen LogP contribution in [0.2, 0.25) is 0 Å². The molecule has 1 aliphatic carbocycles. The number of hydrogen-bond donors (Lipinski definition) is 2. The molecular formula is C14H21N3O2. The number of aryl methyl sites for hydroxylation is 1. The van der Waals surface area contributed by atoms with Gasteiger partial charge in [0.05, 0.1) is 11.6 Å². The molecule has 0 atom stereocenters. The van der Waals surface area contributed by atoms with Crippen molar-refractivity contribution in [2.75, 3.05) is 12.0 Å². The second-order valence-electron chi connectivity index (χ2n) is 5.16. The Bertz CT molecular complexity index is 468. The Morgan fingerprint density at radius 2 is 2.05 bits per heavy atom. The van der Waals surface area contributed by atoms with Gasteiger partial charge in [-0.2, -0.15) is 0 Å². The van der Waals surface area contributed by atoms with E-state index in [0.29, 0.717) is 11.6 Å². The van der Waals surface area contributed by atoms with Gasteiger partial charge in [0.25, 0.3) is 5.69 Å². The lowest BCUT2D eigenvalue weighted by atomic mass is 9.81. The molecule has 0 aromatic heterocycles. The summed E-state index contributed by atoms with van der Waals surface area (Å²) in [6.45, 7) is 2.24. The van der Waals surface area contributed by atoms with Gasteiger partial charge in [-0.15, -0.1) is 0 Å². The van der Waals surface area contributed by atoms with E-state index in [2.05, 4.69) is 5.32 Å². The summed E-state index contributed by atoms with van der Waals surface area (Å²) >= 11 is 0.